The second-order valence-electron chi connectivity index (χ2n) is 5.75. The summed E-state index contributed by atoms with van der Waals surface area (Å²) in [6, 6.07) is 13.0. The van der Waals surface area contributed by atoms with Crippen LogP contribution in [0.3, 0.4) is 0 Å². The van der Waals surface area contributed by atoms with Crippen molar-refractivity contribution < 1.29 is 16.8 Å². The Morgan fingerprint density at radius 1 is 0.615 bits per heavy atom. The molecule has 134 valence electrons. The lowest BCUT2D eigenvalue weighted by atomic mass is 10.2. The predicted molar refractivity (Wildman–Crippen MR) is 102 cm³/mol. The lowest BCUT2D eigenvalue weighted by Crippen LogP contribution is -2.05. The van der Waals surface area contributed by atoms with Gasteiger partial charge in [0.15, 0.2) is 19.7 Å². The highest BCUT2D eigenvalue weighted by Crippen LogP contribution is 2.12. The summed E-state index contributed by atoms with van der Waals surface area (Å²) < 4.78 is 48.4. The van der Waals surface area contributed by atoms with Crippen molar-refractivity contribution >= 4 is 19.7 Å². The van der Waals surface area contributed by atoms with Gasteiger partial charge in [0.1, 0.15) is 11.5 Å². The first-order valence-electron chi connectivity index (χ1n) is 7.75. The second kappa shape index (κ2) is 8.23. The molecule has 6 heteroatoms. The first-order chi connectivity index (χ1) is 12.2. The van der Waals surface area contributed by atoms with Gasteiger partial charge < -0.3 is 0 Å². The normalized spacial score (nSPS) is 11.0. The van der Waals surface area contributed by atoms with Gasteiger partial charge in [-0.3, -0.25) is 0 Å². The van der Waals surface area contributed by atoms with E-state index in [4.69, 9.17) is 0 Å². The van der Waals surface area contributed by atoms with Gasteiger partial charge in [-0.05, 0) is 50.0 Å². The highest BCUT2D eigenvalue weighted by molar-refractivity contribution is 7.92. The molecule has 2 aromatic carbocycles. The van der Waals surface area contributed by atoms with Crippen molar-refractivity contribution in [3.05, 3.63) is 59.7 Å². The minimum atomic E-state index is -3.50. The molecule has 0 fully saturated rings. The third-order valence-corrected chi connectivity index (χ3v) is 6.55. The second-order valence-corrected chi connectivity index (χ2v) is 9.73. The lowest BCUT2D eigenvalue weighted by Gasteiger charge is -2.00. The van der Waals surface area contributed by atoms with E-state index in [1.807, 2.05) is 13.8 Å². The van der Waals surface area contributed by atoms with Crippen molar-refractivity contribution in [1.82, 2.24) is 0 Å². The fourth-order valence-electron chi connectivity index (χ4n) is 2.01. The summed E-state index contributed by atoms with van der Waals surface area (Å²) in [5.41, 5.74) is 1.94. The maximum Gasteiger partial charge on any atom is 0.189 e. The monoisotopic (exact) mass is 386 g/mol. The number of hydrogen-bond donors (Lipinski definition) is 0. The minimum Gasteiger partial charge on any atom is -0.223 e. The average Bonchev–Trinajstić information content (AvgIpc) is 2.58. The molecule has 2 aromatic rings. The molecule has 0 saturated heterocycles. The Morgan fingerprint density at radius 3 is 1.23 bits per heavy atom. The maximum absolute atomic E-state index is 12.1. The van der Waals surface area contributed by atoms with Crippen molar-refractivity contribution in [3.63, 3.8) is 0 Å². The zero-order valence-corrected chi connectivity index (χ0v) is 16.1. The molecule has 0 atom stereocenters. The molecule has 0 aliphatic rings. The molecule has 0 radical (unpaired) electrons. The molecule has 0 bridgehead atoms. The van der Waals surface area contributed by atoms with Crippen molar-refractivity contribution in [1.29, 1.82) is 0 Å². The van der Waals surface area contributed by atoms with Gasteiger partial charge in [0.05, 0.1) is 9.79 Å². The first-order valence-corrected chi connectivity index (χ1v) is 11.1. The van der Waals surface area contributed by atoms with Crippen LogP contribution in [0.15, 0.2) is 58.3 Å². The van der Waals surface area contributed by atoms with Gasteiger partial charge in [0.2, 0.25) is 0 Å². The van der Waals surface area contributed by atoms with E-state index in [0.717, 1.165) is 11.1 Å². The first kappa shape index (κ1) is 19.8. The van der Waals surface area contributed by atoms with Crippen LogP contribution in [-0.4, -0.2) is 28.3 Å². The lowest BCUT2D eigenvalue weighted by molar-refractivity contribution is 0.597. The number of aryl methyl sites for hydroxylation is 2. The van der Waals surface area contributed by atoms with Crippen LogP contribution in [0, 0.1) is 37.5 Å². The van der Waals surface area contributed by atoms with Crippen molar-refractivity contribution in [2.75, 3.05) is 11.5 Å². The van der Waals surface area contributed by atoms with Crippen LogP contribution < -0.4 is 0 Å². The van der Waals surface area contributed by atoms with Gasteiger partial charge in [-0.15, -0.1) is 0 Å². The van der Waals surface area contributed by atoms with E-state index in [1.54, 1.807) is 24.3 Å². The van der Waals surface area contributed by atoms with Gasteiger partial charge >= 0.3 is 0 Å². The largest absolute Gasteiger partial charge is 0.223 e. The fraction of sp³-hybridized carbons (Fsp3) is 0.200. The van der Waals surface area contributed by atoms with Gasteiger partial charge in [0, 0.05) is 0 Å². The number of hydrogen-bond acceptors (Lipinski definition) is 4. The third-order valence-electron chi connectivity index (χ3n) is 3.52. The Kier molecular flexibility index (Phi) is 6.26. The molecule has 0 saturated carbocycles. The standard InChI is InChI=1S/C20H18O4S2/c1-17-7-11-19(12-8-17)25(21,22)15-5-3-4-6-16-26(23,24)20-13-9-18(2)10-14-20/h7-14H,15-16H2,1-2H3. The Labute approximate surface area is 155 Å². The van der Waals surface area contributed by atoms with E-state index >= 15 is 0 Å². The van der Waals surface area contributed by atoms with Crippen LogP contribution in [0.1, 0.15) is 11.1 Å². The Bertz CT molecular complexity index is 1010. The molecule has 0 aliphatic carbocycles. The predicted octanol–water partition coefficient (Wildman–Crippen LogP) is 2.56. The summed E-state index contributed by atoms with van der Waals surface area (Å²) in [5.74, 6) is 9.00. The van der Waals surface area contributed by atoms with Crippen molar-refractivity contribution in [3.8, 4) is 23.7 Å². The summed E-state index contributed by atoms with van der Waals surface area (Å²) in [6.45, 7) is 3.74. The zero-order valence-electron chi connectivity index (χ0n) is 14.5. The quantitative estimate of drug-likeness (QED) is 0.758. The summed E-state index contributed by atoms with van der Waals surface area (Å²) in [6.07, 6.45) is 0. The van der Waals surface area contributed by atoms with Crippen LogP contribution >= 0.6 is 0 Å². The molecule has 2 rings (SSSR count). The van der Waals surface area contributed by atoms with Gasteiger partial charge in [-0.2, -0.15) is 0 Å². The molecule has 0 heterocycles. The average molecular weight is 386 g/mol. The molecular formula is C20H18O4S2. The van der Waals surface area contributed by atoms with E-state index in [0.29, 0.717) is 0 Å². The van der Waals surface area contributed by atoms with E-state index in [-0.39, 0.29) is 21.3 Å². The summed E-state index contributed by atoms with van der Waals surface area (Å²) in [7, 11) is -7.00. The Balaban J connectivity index is 2.00. The van der Waals surface area contributed by atoms with E-state index in [2.05, 4.69) is 23.7 Å². The van der Waals surface area contributed by atoms with Crippen molar-refractivity contribution in [2.45, 2.75) is 23.6 Å². The molecule has 0 amide bonds. The van der Waals surface area contributed by atoms with E-state index in [9.17, 15) is 16.8 Å². The van der Waals surface area contributed by atoms with E-state index < -0.39 is 19.7 Å². The Hall–Kier alpha value is -2.54. The summed E-state index contributed by atoms with van der Waals surface area (Å²) >= 11 is 0. The smallest absolute Gasteiger partial charge is 0.189 e. The molecule has 26 heavy (non-hydrogen) atoms. The molecule has 0 aliphatic heterocycles. The number of rotatable bonds is 4. The number of sulfone groups is 2. The molecule has 0 N–H and O–H groups in total. The van der Waals surface area contributed by atoms with Crippen LogP contribution in [-0.2, 0) is 19.7 Å². The minimum absolute atomic E-state index is 0.201. The van der Waals surface area contributed by atoms with Crippen LogP contribution in [0.25, 0.3) is 0 Å². The number of benzene rings is 2. The van der Waals surface area contributed by atoms with Gasteiger partial charge in [0.25, 0.3) is 0 Å². The van der Waals surface area contributed by atoms with Crippen LogP contribution in [0.4, 0.5) is 0 Å². The topological polar surface area (TPSA) is 68.3 Å². The van der Waals surface area contributed by atoms with Crippen LogP contribution in [0.5, 0.6) is 0 Å². The van der Waals surface area contributed by atoms with Gasteiger partial charge in [-0.1, -0.05) is 47.2 Å². The van der Waals surface area contributed by atoms with E-state index in [1.165, 1.54) is 24.3 Å². The summed E-state index contributed by atoms with van der Waals surface area (Å²) in [4.78, 5) is 0.402. The summed E-state index contributed by atoms with van der Waals surface area (Å²) in [5, 5.41) is 0. The molecular weight excluding hydrogens is 368 g/mol. The highest BCUT2D eigenvalue weighted by atomic mass is 32.2. The molecule has 0 spiro atoms. The third kappa shape index (κ3) is 5.49. The fourth-order valence-corrected chi connectivity index (χ4v) is 3.97. The zero-order chi connectivity index (χ0) is 19.2. The Morgan fingerprint density at radius 2 is 0.923 bits per heavy atom. The molecule has 4 nitrogen and oxygen atoms in total. The van der Waals surface area contributed by atoms with Gasteiger partial charge in [-0.25, -0.2) is 16.8 Å². The highest BCUT2D eigenvalue weighted by Gasteiger charge is 2.12. The van der Waals surface area contributed by atoms with Crippen molar-refractivity contribution in [2.24, 2.45) is 0 Å². The maximum atomic E-state index is 12.1. The molecule has 0 aromatic heterocycles. The molecule has 0 unspecified atom stereocenters. The van der Waals surface area contributed by atoms with Crippen LogP contribution in [0.2, 0.25) is 0 Å². The SMILES string of the molecule is Cc1ccc(S(=O)(=O)CC#CC#CCS(=O)(=O)c2ccc(C)cc2)cc1.